The molecular formula is C32H44N4O4. The summed E-state index contributed by atoms with van der Waals surface area (Å²) in [6.45, 7) is 7.07. The molecule has 0 aliphatic carbocycles. The van der Waals surface area contributed by atoms with Crippen LogP contribution in [-0.4, -0.2) is 74.4 Å². The molecule has 0 saturated carbocycles. The van der Waals surface area contributed by atoms with Gasteiger partial charge in [0.1, 0.15) is 5.75 Å². The first-order chi connectivity index (χ1) is 19.5. The van der Waals surface area contributed by atoms with Crippen molar-refractivity contribution in [3.8, 4) is 5.75 Å². The molecule has 4 rings (SSSR count). The molecule has 40 heavy (non-hydrogen) atoms. The Morgan fingerprint density at radius 3 is 2.55 bits per heavy atom. The SMILES string of the molecule is CCCCCCCCOC(=O)CC1COc2ccc(C(=O)Nc3ccc(/C=N/N4CCN(C)CC4)cc3)cc2C1. The van der Waals surface area contributed by atoms with Crippen molar-refractivity contribution in [2.45, 2.75) is 58.3 Å². The van der Waals surface area contributed by atoms with Gasteiger partial charge in [0.05, 0.1) is 25.8 Å². The zero-order valence-corrected chi connectivity index (χ0v) is 24.1. The minimum Gasteiger partial charge on any atom is -0.493 e. The molecular weight excluding hydrogens is 504 g/mol. The topological polar surface area (TPSA) is 83.5 Å². The summed E-state index contributed by atoms with van der Waals surface area (Å²) in [6.07, 6.45) is 9.86. The Balaban J connectivity index is 1.23. The summed E-state index contributed by atoms with van der Waals surface area (Å²) in [7, 11) is 2.12. The van der Waals surface area contributed by atoms with E-state index in [2.05, 4.69) is 34.3 Å². The number of benzene rings is 2. The van der Waals surface area contributed by atoms with Crippen LogP contribution in [0.15, 0.2) is 47.6 Å². The van der Waals surface area contributed by atoms with Crippen molar-refractivity contribution in [3.63, 3.8) is 0 Å². The highest BCUT2D eigenvalue weighted by molar-refractivity contribution is 6.04. The molecule has 8 heteroatoms. The van der Waals surface area contributed by atoms with Gasteiger partial charge in [-0.15, -0.1) is 0 Å². The molecule has 1 saturated heterocycles. The minimum absolute atomic E-state index is 0.0444. The number of rotatable bonds is 13. The second-order valence-electron chi connectivity index (χ2n) is 11.0. The lowest BCUT2D eigenvalue weighted by Crippen LogP contribution is -2.41. The predicted octanol–water partition coefficient (Wildman–Crippen LogP) is 5.37. The summed E-state index contributed by atoms with van der Waals surface area (Å²) in [5.41, 5.74) is 3.22. The maximum Gasteiger partial charge on any atom is 0.306 e. The average Bonchev–Trinajstić information content (AvgIpc) is 2.96. The maximum atomic E-state index is 13.0. The number of likely N-dealkylation sites (N-methyl/N-ethyl adjacent to an activating group) is 1. The van der Waals surface area contributed by atoms with E-state index in [1.54, 1.807) is 6.07 Å². The summed E-state index contributed by atoms with van der Waals surface area (Å²) in [5.74, 6) is 0.471. The van der Waals surface area contributed by atoms with Crippen LogP contribution in [0.5, 0.6) is 5.75 Å². The highest BCUT2D eigenvalue weighted by Crippen LogP contribution is 2.30. The van der Waals surface area contributed by atoms with E-state index in [4.69, 9.17) is 9.47 Å². The molecule has 2 aliphatic heterocycles. The lowest BCUT2D eigenvalue weighted by Gasteiger charge is -2.30. The number of amides is 1. The number of ether oxygens (including phenoxy) is 2. The van der Waals surface area contributed by atoms with Crippen molar-refractivity contribution in [1.29, 1.82) is 0 Å². The van der Waals surface area contributed by atoms with Crippen LogP contribution < -0.4 is 10.1 Å². The zero-order valence-electron chi connectivity index (χ0n) is 24.1. The van der Waals surface area contributed by atoms with Crippen LogP contribution in [0.1, 0.15) is 73.4 Å². The maximum absolute atomic E-state index is 13.0. The number of anilines is 1. The average molecular weight is 549 g/mol. The molecule has 1 unspecified atom stereocenters. The smallest absolute Gasteiger partial charge is 0.306 e. The zero-order chi connectivity index (χ0) is 28.2. The minimum atomic E-state index is -0.179. The molecule has 8 nitrogen and oxygen atoms in total. The van der Waals surface area contributed by atoms with Crippen molar-refractivity contribution in [1.82, 2.24) is 9.91 Å². The van der Waals surface area contributed by atoms with Gasteiger partial charge in [0.15, 0.2) is 0 Å². The molecule has 2 aromatic carbocycles. The molecule has 216 valence electrons. The summed E-state index contributed by atoms with van der Waals surface area (Å²) >= 11 is 0. The largest absolute Gasteiger partial charge is 0.493 e. The van der Waals surface area contributed by atoms with Crippen LogP contribution in [0, 0.1) is 5.92 Å². The third kappa shape index (κ3) is 9.37. The molecule has 0 aromatic heterocycles. The second-order valence-corrected chi connectivity index (χ2v) is 11.0. The van der Waals surface area contributed by atoms with Gasteiger partial charge in [-0.2, -0.15) is 5.10 Å². The Morgan fingerprint density at radius 1 is 1.02 bits per heavy atom. The molecule has 1 atom stereocenters. The van der Waals surface area contributed by atoms with Crippen LogP contribution >= 0.6 is 0 Å². The van der Waals surface area contributed by atoms with Gasteiger partial charge >= 0.3 is 5.97 Å². The van der Waals surface area contributed by atoms with Gasteiger partial charge in [0.25, 0.3) is 5.91 Å². The number of hydrogen-bond donors (Lipinski definition) is 1. The number of nitrogens with one attached hydrogen (secondary N) is 1. The summed E-state index contributed by atoms with van der Waals surface area (Å²) in [5, 5.41) is 9.63. The van der Waals surface area contributed by atoms with E-state index in [-0.39, 0.29) is 17.8 Å². The number of unbranched alkanes of at least 4 members (excludes halogenated alkanes) is 5. The molecule has 0 bridgehead atoms. The number of carbonyl (C=O) groups excluding carboxylic acids is 2. The Bertz CT molecular complexity index is 1130. The third-order valence-corrected chi connectivity index (χ3v) is 7.54. The number of piperazine rings is 1. The fourth-order valence-corrected chi connectivity index (χ4v) is 5.01. The van der Waals surface area contributed by atoms with Crippen molar-refractivity contribution in [2.75, 3.05) is 51.8 Å². The van der Waals surface area contributed by atoms with Crippen LogP contribution in [0.2, 0.25) is 0 Å². The van der Waals surface area contributed by atoms with E-state index in [1.807, 2.05) is 42.6 Å². The summed E-state index contributed by atoms with van der Waals surface area (Å²) in [6, 6.07) is 13.2. The number of nitrogens with zero attached hydrogens (tertiary/aromatic N) is 3. The quantitative estimate of drug-likeness (QED) is 0.206. The Morgan fingerprint density at radius 2 is 1.77 bits per heavy atom. The molecule has 1 fully saturated rings. The van der Waals surface area contributed by atoms with Gasteiger partial charge in [0, 0.05) is 43.3 Å². The lowest BCUT2D eigenvalue weighted by atomic mass is 9.93. The van der Waals surface area contributed by atoms with E-state index in [0.29, 0.717) is 31.6 Å². The third-order valence-electron chi connectivity index (χ3n) is 7.54. The van der Waals surface area contributed by atoms with E-state index < -0.39 is 0 Å². The molecule has 0 spiro atoms. The number of esters is 1. The van der Waals surface area contributed by atoms with Crippen molar-refractivity contribution < 1.29 is 19.1 Å². The molecule has 0 radical (unpaired) electrons. The van der Waals surface area contributed by atoms with Gasteiger partial charge in [-0.1, -0.05) is 51.2 Å². The number of fused-ring (bicyclic) bond motifs is 1. The molecule has 2 aliphatic rings. The fourth-order valence-electron chi connectivity index (χ4n) is 5.01. The van der Waals surface area contributed by atoms with E-state index in [9.17, 15) is 9.59 Å². The second kappa shape index (κ2) is 15.4. The van der Waals surface area contributed by atoms with Gasteiger partial charge in [-0.05, 0) is 61.3 Å². The Kier molecular flexibility index (Phi) is 11.4. The first-order valence-electron chi connectivity index (χ1n) is 14.8. The molecule has 2 heterocycles. The first-order valence-corrected chi connectivity index (χ1v) is 14.8. The highest BCUT2D eigenvalue weighted by atomic mass is 16.5. The predicted molar refractivity (Wildman–Crippen MR) is 159 cm³/mol. The fraction of sp³-hybridized carbons (Fsp3) is 0.531. The summed E-state index contributed by atoms with van der Waals surface area (Å²) < 4.78 is 11.4. The van der Waals surface area contributed by atoms with E-state index >= 15 is 0 Å². The van der Waals surface area contributed by atoms with Crippen molar-refractivity contribution >= 4 is 23.8 Å². The van der Waals surface area contributed by atoms with Crippen LogP contribution in [-0.2, 0) is 16.0 Å². The Hall–Kier alpha value is -3.39. The van der Waals surface area contributed by atoms with E-state index in [1.165, 1.54) is 25.7 Å². The first kappa shape index (κ1) is 29.6. The van der Waals surface area contributed by atoms with Crippen molar-refractivity contribution in [2.24, 2.45) is 11.0 Å². The molecule has 2 aromatic rings. The standard InChI is InChI=1S/C32H44N4O4/c1-3-4-5-6-7-8-19-39-31(37)21-26-20-28-22-27(11-14-30(28)40-24-26)32(38)34-29-12-9-25(10-13-29)23-33-36-17-15-35(2)16-18-36/h9-14,22-23,26H,3-8,15-21,24H2,1-2H3,(H,34,38)/b33-23+. The van der Waals surface area contributed by atoms with Crippen LogP contribution in [0.3, 0.4) is 0 Å². The van der Waals surface area contributed by atoms with Crippen molar-refractivity contribution in [3.05, 3.63) is 59.2 Å². The van der Waals surface area contributed by atoms with Gasteiger partial charge in [-0.3, -0.25) is 14.6 Å². The van der Waals surface area contributed by atoms with Gasteiger partial charge in [0.2, 0.25) is 0 Å². The highest BCUT2D eigenvalue weighted by Gasteiger charge is 2.24. The normalized spacial score (nSPS) is 17.4. The summed E-state index contributed by atoms with van der Waals surface area (Å²) in [4.78, 5) is 27.6. The Labute approximate surface area is 238 Å². The molecule has 1 N–H and O–H groups in total. The van der Waals surface area contributed by atoms with Gasteiger partial charge < -0.3 is 19.7 Å². The van der Waals surface area contributed by atoms with Crippen LogP contribution in [0.4, 0.5) is 5.69 Å². The van der Waals surface area contributed by atoms with Crippen LogP contribution in [0.25, 0.3) is 0 Å². The lowest BCUT2D eigenvalue weighted by molar-refractivity contribution is -0.145. The number of hydrogen-bond acceptors (Lipinski definition) is 7. The monoisotopic (exact) mass is 548 g/mol. The van der Waals surface area contributed by atoms with E-state index in [0.717, 1.165) is 61.6 Å². The number of hydrazone groups is 1. The number of carbonyl (C=O) groups is 2. The molecule has 1 amide bonds. The van der Waals surface area contributed by atoms with Gasteiger partial charge in [-0.25, -0.2) is 0 Å².